The van der Waals surface area contributed by atoms with Gasteiger partial charge < -0.3 is 10.1 Å². The molecule has 0 spiro atoms. The summed E-state index contributed by atoms with van der Waals surface area (Å²) < 4.78 is 1.67. The van der Waals surface area contributed by atoms with E-state index in [1.165, 1.54) is 0 Å². The normalized spacial score (nSPS) is 11.6. The summed E-state index contributed by atoms with van der Waals surface area (Å²) in [5, 5.41) is 21.5. The van der Waals surface area contributed by atoms with Crippen molar-refractivity contribution in [2.45, 2.75) is 13.5 Å². The fraction of sp³-hybridized carbons (Fsp3) is 0.125. The van der Waals surface area contributed by atoms with Crippen molar-refractivity contribution in [3.63, 3.8) is 0 Å². The van der Waals surface area contributed by atoms with Crippen molar-refractivity contribution < 1.29 is 5.11 Å². The molecular weight excluding hydrogens is 416 g/mol. The summed E-state index contributed by atoms with van der Waals surface area (Å²) in [6, 6.07) is 13.9. The van der Waals surface area contributed by atoms with Crippen LogP contribution in [-0.2, 0) is 13.7 Å². The van der Waals surface area contributed by atoms with Crippen molar-refractivity contribution in [2.75, 3.05) is 0 Å². The Morgan fingerprint density at radius 3 is 2.73 bits per heavy atom. The first-order chi connectivity index (χ1) is 16.1. The molecule has 9 nitrogen and oxygen atoms in total. The molecule has 6 aromatic rings. The number of pyridine rings is 2. The molecule has 0 amide bonds. The maximum atomic E-state index is 9.67. The SMILES string of the molecule is Cc1cccc(-c2nccc3[nH]c(-c4n[nH]c5ccc(-c6cn(C)nc6CO)nc45)nc23)c1. The summed E-state index contributed by atoms with van der Waals surface area (Å²) in [4.78, 5) is 17.6. The van der Waals surface area contributed by atoms with Gasteiger partial charge in [0.2, 0.25) is 0 Å². The van der Waals surface area contributed by atoms with E-state index in [2.05, 4.69) is 44.3 Å². The average molecular weight is 436 g/mol. The average Bonchev–Trinajstić information content (AvgIpc) is 3.53. The molecule has 0 aliphatic heterocycles. The minimum Gasteiger partial charge on any atom is -0.390 e. The molecule has 0 radical (unpaired) electrons. The highest BCUT2D eigenvalue weighted by molar-refractivity contribution is 5.95. The number of hydrogen-bond donors (Lipinski definition) is 3. The Balaban J connectivity index is 1.51. The lowest BCUT2D eigenvalue weighted by Gasteiger charge is -2.02. The van der Waals surface area contributed by atoms with Crippen molar-refractivity contribution in [2.24, 2.45) is 7.05 Å². The van der Waals surface area contributed by atoms with E-state index in [-0.39, 0.29) is 6.61 Å². The molecule has 0 aliphatic carbocycles. The zero-order valence-electron chi connectivity index (χ0n) is 18.0. The minimum atomic E-state index is -0.160. The van der Waals surface area contributed by atoms with E-state index in [0.29, 0.717) is 28.4 Å². The van der Waals surface area contributed by atoms with Gasteiger partial charge in [0.25, 0.3) is 0 Å². The predicted molar refractivity (Wildman–Crippen MR) is 125 cm³/mol. The molecule has 5 aromatic heterocycles. The second kappa shape index (κ2) is 7.35. The molecule has 6 rings (SSSR count). The number of aromatic amines is 2. The number of aromatic nitrogens is 8. The molecule has 3 N–H and O–H groups in total. The summed E-state index contributed by atoms with van der Waals surface area (Å²) in [7, 11) is 1.82. The van der Waals surface area contributed by atoms with Crippen LogP contribution >= 0.6 is 0 Å². The maximum Gasteiger partial charge on any atom is 0.161 e. The number of imidazole rings is 1. The first kappa shape index (κ1) is 19.3. The third-order valence-electron chi connectivity index (χ3n) is 5.66. The number of H-pyrrole nitrogens is 2. The molecule has 1 aromatic carbocycles. The summed E-state index contributed by atoms with van der Waals surface area (Å²) in [6.07, 6.45) is 3.63. The van der Waals surface area contributed by atoms with Gasteiger partial charge in [0.05, 0.1) is 34.7 Å². The van der Waals surface area contributed by atoms with Crippen LogP contribution < -0.4 is 0 Å². The fourth-order valence-corrected chi connectivity index (χ4v) is 4.13. The predicted octanol–water partition coefficient (Wildman–Crippen LogP) is 3.76. The Labute approximate surface area is 188 Å². The highest BCUT2D eigenvalue weighted by Crippen LogP contribution is 2.31. The zero-order valence-corrected chi connectivity index (χ0v) is 18.0. The van der Waals surface area contributed by atoms with Crippen LogP contribution in [0.2, 0.25) is 0 Å². The second-order valence-electron chi connectivity index (χ2n) is 8.00. The van der Waals surface area contributed by atoms with Gasteiger partial charge in [-0.15, -0.1) is 0 Å². The van der Waals surface area contributed by atoms with Gasteiger partial charge in [0.1, 0.15) is 11.0 Å². The number of aryl methyl sites for hydroxylation is 2. The molecule has 0 bridgehead atoms. The van der Waals surface area contributed by atoms with Gasteiger partial charge in [0, 0.05) is 30.6 Å². The number of benzene rings is 1. The molecular formula is C24H20N8O. The number of fused-ring (bicyclic) bond motifs is 2. The van der Waals surface area contributed by atoms with Crippen LogP contribution in [0.15, 0.2) is 54.9 Å². The van der Waals surface area contributed by atoms with Gasteiger partial charge in [-0.05, 0) is 31.2 Å². The van der Waals surface area contributed by atoms with Crippen LogP contribution in [0.3, 0.4) is 0 Å². The van der Waals surface area contributed by atoms with Crippen molar-refractivity contribution in [1.29, 1.82) is 0 Å². The molecule has 0 atom stereocenters. The summed E-state index contributed by atoms with van der Waals surface area (Å²) >= 11 is 0. The highest BCUT2D eigenvalue weighted by atomic mass is 16.3. The van der Waals surface area contributed by atoms with Gasteiger partial charge >= 0.3 is 0 Å². The van der Waals surface area contributed by atoms with Crippen molar-refractivity contribution >= 4 is 22.1 Å². The van der Waals surface area contributed by atoms with Crippen LogP contribution in [0.1, 0.15) is 11.3 Å². The van der Waals surface area contributed by atoms with Crippen molar-refractivity contribution in [3.05, 3.63) is 66.1 Å². The maximum absolute atomic E-state index is 9.67. The van der Waals surface area contributed by atoms with Gasteiger partial charge in [-0.2, -0.15) is 10.2 Å². The zero-order chi connectivity index (χ0) is 22.5. The number of nitrogens with one attached hydrogen (secondary N) is 2. The Morgan fingerprint density at radius 1 is 1.00 bits per heavy atom. The molecule has 9 heteroatoms. The van der Waals surface area contributed by atoms with Gasteiger partial charge in [-0.1, -0.05) is 23.8 Å². The van der Waals surface area contributed by atoms with E-state index in [1.54, 1.807) is 10.9 Å². The smallest absolute Gasteiger partial charge is 0.161 e. The summed E-state index contributed by atoms with van der Waals surface area (Å²) in [5.41, 5.74) is 8.80. The number of nitrogens with zero attached hydrogens (tertiary/aromatic N) is 6. The van der Waals surface area contributed by atoms with Gasteiger partial charge in [-0.25, -0.2) is 9.97 Å². The van der Waals surface area contributed by atoms with E-state index in [0.717, 1.165) is 38.9 Å². The standard InChI is InChI=1S/C24H20N8O/c1-13-4-3-5-14(10-13)20-21-17(8-9-25-20)27-24(28-21)23-22-18(29-30-23)7-6-16(26-22)15-11-32(2)31-19(15)12-33/h3-11,33H,12H2,1-2H3,(H,27,28)(H,29,30). The molecule has 0 aliphatic rings. The lowest BCUT2D eigenvalue weighted by molar-refractivity contribution is 0.276. The van der Waals surface area contributed by atoms with Crippen LogP contribution in [0.4, 0.5) is 0 Å². The molecule has 0 saturated carbocycles. The molecule has 162 valence electrons. The molecule has 5 heterocycles. The summed E-state index contributed by atoms with van der Waals surface area (Å²) in [6.45, 7) is 1.90. The largest absolute Gasteiger partial charge is 0.390 e. The quantitative estimate of drug-likeness (QED) is 0.387. The van der Waals surface area contributed by atoms with E-state index < -0.39 is 0 Å². The van der Waals surface area contributed by atoms with Crippen molar-refractivity contribution in [1.82, 2.24) is 39.9 Å². The number of rotatable bonds is 4. The number of aliphatic hydroxyl groups excluding tert-OH is 1. The Kier molecular flexibility index (Phi) is 4.30. The Hall–Kier alpha value is -4.37. The third kappa shape index (κ3) is 3.17. The Morgan fingerprint density at radius 2 is 1.88 bits per heavy atom. The number of aliphatic hydroxyl groups is 1. The van der Waals surface area contributed by atoms with Crippen LogP contribution in [0.5, 0.6) is 0 Å². The second-order valence-corrected chi connectivity index (χ2v) is 8.00. The molecule has 0 fully saturated rings. The van der Waals surface area contributed by atoms with Crippen LogP contribution in [-0.4, -0.2) is 45.0 Å². The van der Waals surface area contributed by atoms with E-state index >= 15 is 0 Å². The van der Waals surface area contributed by atoms with Crippen molar-refractivity contribution in [3.8, 4) is 34.0 Å². The fourth-order valence-electron chi connectivity index (χ4n) is 4.13. The highest BCUT2D eigenvalue weighted by Gasteiger charge is 2.18. The lowest BCUT2D eigenvalue weighted by Crippen LogP contribution is -1.92. The number of hydrogen-bond acceptors (Lipinski definition) is 6. The minimum absolute atomic E-state index is 0.160. The van der Waals surface area contributed by atoms with Gasteiger partial charge in [0.15, 0.2) is 11.5 Å². The first-order valence-corrected chi connectivity index (χ1v) is 10.5. The lowest BCUT2D eigenvalue weighted by atomic mass is 10.1. The first-order valence-electron chi connectivity index (χ1n) is 10.5. The summed E-state index contributed by atoms with van der Waals surface area (Å²) in [5.74, 6) is 0.608. The monoisotopic (exact) mass is 436 g/mol. The van der Waals surface area contributed by atoms with E-state index in [4.69, 9.17) is 9.97 Å². The van der Waals surface area contributed by atoms with E-state index in [9.17, 15) is 5.11 Å². The molecule has 33 heavy (non-hydrogen) atoms. The van der Waals surface area contributed by atoms with E-state index in [1.807, 2.05) is 43.6 Å². The molecule has 0 saturated heterocycles. The van der Waals surface area contributed by atoms with Crippen LogP contribution in [0, 0.1) is 6.92 Å². The molecule has 0 unspecified atom stereocenters. The topological polar surface area (TPSA) is 121 Å². The van der Waals surface area contributed by atoms with Crippen LogP contribution in [0.25, 0.3) is 56.1 Å². The van der Waals surface area contributed by atoms with Gasteiger partial charge in [-0.3, -0.25) is 14.8 Å². The Bertz CT molecular complexity index is 1640. The third-order valence-corrected chi connectivity index (χ3v) is 5.66.